The number of rotatable bonds is 5. The second-order valence-electron chi connectivity index (χ2n) is 9.02. The Kier molecular flexibility index (Phi) is 5.20. The molecule has 2 aromatic heterocycles. The molecule has 3 aromatic rings. The predicted octanol–water partition coefficient (Wildman–Crippen LogP) is 2.87. The van der Waals surface area contributed by atoms with E-state index in [9.17, 15) is 15.3 Å². The van der Waals surface area contributed by atoms with Crippen LogP contribution in [0.15, 0.2) is 18.3 Å². The first-order valence-electron chi connectivity index (χ1n) is 11.5. The highest BCUT2D eigenvalue weighted by Gasteiger charge is 2.51. The van der Waals surface area contributed by atoms with Crippen molar-refractivity contribution in [2.24, 2.45) is 0 Å². The van der Waals surface area contributed by atoms with Crippen LogP contribution in [0.5, 0.6) is 0 Å². The second kappa shape index (κ2) is 8.43. The zero-order chi connectivity index (χ0) is 25.0. The number of nitriles is 2. The first-order valence-corrected chi connectivity index (χ1v) is 11.9. The van der Waals surface area contributed by atoms with E-state index in [1.54, 1.807) is 17.0 Å². The van der Waals surface area contributed by atoms with Gasteiger partial charge in [-0.25, -0.2) is 4.79 Å². The molecule has 1 aromatic carbocycles. The maximum Gasteiger partial charge on any atom is 0.409 e. The van der Waals surface area contributed by atoms with E-state index in [2.05, 4.69) is 42.7 Å². The maximum atomic E-state index is 12.1. The highest BCUT2D eigenvalue weighted by atomic mass is 35.5. The van der Waals surface area contributed by atoms with Crippen LogP contribution in [-0.2, 0) is 4.74 Å². The van der Waals surface area contributed by atoms with E-state index in [-0.39, 0.29) is 24.1 Å². The first kappa shape index (κ1) is 22.2. The van der Waals surface area contributed by atoms with Crippen molar-refractivity contribution >= 4 is 46.6 Å². The minimum absolute atomic E-state index is 0.0532. The van der Waals surface area contributed by atoms with Gasteiger partial charge in [0.15, 0.2) is 5.65 Å². The van der Waals surface area contributed by atoms with Crippen molar-refractivity contribution in [1.82, 2.24) is 24.5 Å². The lowest BCUT2D eigenvalue weighted by Crippen LogP contribution is -2.48. The maximum absolute atomic E-state index is 12.1. The number of ether oxygens (including phenoxy) is 1. The number of anilines is 4. The number of nitrogens with one attached hydrogen (secondary N) is 2. The van der Waals surface area contributed by atoms with Crippen molar-refractivity contribution in [2.45, 2.75) is 37.4 Å². The number of nitrogens with zero attached hydrogens (tertiary/aromatic N) is 8. The van der Waals surface area contributed by atoms with Gasteiger partial charge in [0.25, 0.3) is 0 Å². The summed E-state index contributed by atoms with van der Waals surface area (Å²) in [4.78, 5) is 25.0. The monoisotopic (exact) mass is 504 g/mol. The molecule has 2 aliphatic carbocycles. The lowest BCUT2D eigenvalue weighted by atomic mass is 10.1. The fraction of sp³-hybridized carbons (Fsp3) is 0.391. The molecular weight excluding hydrogens is 484 g/mol. The minimum atomic E-state index is -0.332. The molecule has 1 aliphatic heterocycles. The Balaban J connectivity index is 1.35. The average Bonchev–Trinajstić information content (AvgIpc) is 3.82. The molecule has 36 heavy (non-hydrogen) atoms. The minimum Gasteiger partial charge on any atom is -0.453 e. The van der Waals surface area contributed by atoms with Gasteiger partial charge in [0, 0.05) is 19.1 Å². The van der Waals surface area contributed by atoms with Gasteiger partial charge in [-0.2, -0.15) is 30.1 Å². The molecule has 3 heterocycles. The van der Waals surface area contributed by atoms with Crippen molar-refractivity contribution in [3.05, 3.63) is 34.5 Å². The Morgan fingerprint density at radius 2 is 2.03 bits per heavy atom. The van der Waals surface area contributed by atoms with Gasteiger partial charge in [0.2, 0.25) is 11.9 Å². The van der Waals surface area contributed by atoms with Gasteiger partial charge in [0.05, 0.1) is 53.4 Å². The lowest BCUT2D eigenvalue weighted by Gasteiger charge is -2.35. The fourth-order valence-corrected chi connectivity index (χ4v) is 4.90. The summed E-state index contributed by atoms with van der Waals surface area (Å²) in [6, 6.07) is 8.15. The molecule has 182 valence electrons. The number of fused-ring (bicyclic) bond motifs is 2. The quantitative estimate of drug-likeness (QED) is 0.531. The number of halogens is 1. The summed E-state index contributed by atoms with van der Waals surface area (Å²) in [6.07, 6.45) is 3.99. The van der Waals surface area contributed by atoms with Crippen LogP contribution in [-0.4, -0.2) is 68.9 Å². The van der Waals surface area contributed by atoms with E-state index in [0.29, 0.717) is 58.3 Å². The topological polar surface area (TPSA) is 148 Å². The van der Waals surface area contributed by atoms with E-state index in [1.807, 2.05) is 0 Å². The Morgan fingerprint density at radius 1 is 1.19 bits per heavy atom. The molecule has 6 rings (SSSR count). The first-order chi connectivity index (χ1) is 17.5. The number of hydrogen-bond donors (Lipinski definition) is 2. The van der Waals surface area contributed by atoms with Gasteiger partial charge >= 0.3 is 6.09 Å². The third-order valence-corrected chi connectivity index (χ3v) is 7.05. The van der Waals surface area contributed by atoms with Gasteiger partial charge in [0.1, 0.15) is 11.6 Å². The van der Waals surface area contributed by atoms with E-state index in [0.717, 1.165) is 19.3 Å². The van der Waals surface area contributed by atoms with Crippen molar-refractivity contribution in [2.75, 3.05) is 35.7 Å². The van der Waals surface area contributed by atoms with E-state index >= 15 is 0 Å². The summed E-state index contributed by atoms with van der Waals surface area (Å²) < 4.78 is 6.40. The van der Waals surface area contributed by atoms with Gasteiger partial charge in [-0.3, -0.25) is 0 Å². The summed E-state index contributed by atoms with van der Waals surface area (Å²) in [7, 11) is 1.38. The molecule has 2 N–H and O–H groups in total. The van der Waals surface area contributed by atoms with Crippen LogP contribution >= 0.6 is 11.6 Å². The average molecular weight is 505 g/mol. The zero-order valence-corrected chi connectivity index (χ0v) is 20.0. The zero-order valence-electron chi connectivity index (χ0n) is 19.3. The Morgan fingerprint density at radius 3 is 2.75 bits per heavy atom. The van der Waals surface area contributed by atoms with Crippen molar-refractivity contribution in [3.63, 3.8) is 0 Å². The number of methoxy groups -OCH3 is 1. The molecule has 2 atom stereocenters. The fourth-order valence-electron chi connectivity index (χ4n) is 4.64. The van der Waals surface area contributed by atoms with Crippen LogP contribution in [0.4, 0.5) is 28.1 Å². The number of carbonyl (C=O) groups is 1. The number of aromatic nitrogens is 4. The van der Waals surface area contributed by atoms with E-state index in [4.69, 9.17) is 16.3 Å². The van der Waals surface area contributed by atoms with Crippen molar-refractivity contribution in [3.8, 4) is 12.1 Å². The second-order valence-corrected chi connectivity index (χ2v) is 9.39. The number of hydrogen-bond acceptors (Lipinski definition) is 10. The molecule has 0 radical (unpaired) electrons. The SMILES string of the molecule is COC(=O)N1CCN(c2cc(C#N)cc(Nc3nc(NC4CC4)n4ncc(C#N)c4n3)c2Cl)C2CC21. The Bertz CT molecular complexity index is 1470. The lowest BCUT2D eigenvalue weighted by molar-refractivity contribution is 0.117. The summed E-state index contributed by atoms with van der Waals surface area (Å²) >= 11 is 6.86. The number of piperazine rings is 1. The standard InChI is InChI=1S/C23H21ClN10O2/c1-36-23(35)33-5-4-32(16-8-17(16)33)18-7-12(9-25)6-15(19(18)24)29-21-30-20-13(10-26)11-27-34(20)22(31-21)28-14-2-3-14/h6-7,11,14,16-17H,2-5,8H2,1H3,(H2,28,29,30,31). The highest BCUT2D eigenvalue weighted by molar-refractivity contribution is 6.36. The molecule has 13 heteroatoms. The summed E-state index contributed by atoms with van der Waals surface area (Å²) in [5.41, 5.74) is 2.28. The Labute approximate surface area is 211 Å². The van der Waals surface area contributed by atoms with Crippen LogP contribution in [0.1, 0.15) is 30.4 Å². The van der Waals surface area contributed by atoms with Gasteiger partial charge in [-0.15, -0.1) is 0 Å². The molecule has 1 saturated heterocycles. The normalized spacial score (nSPS) is 20.3. The molecular formula is C23H21ClN10O2. The molecule has 12 nitrogen and oxygen atoms in total. The third kappa shape index (κ3) is 3.76. The Hall–Kier alpha value is -4.29. The summed E-state index contributed by atoms with van der Waals surface area (Å²) in [6.45, 7) is 1.06. The number of amides is 1. The van der Waals surface area contributed by atoms with Crippen LogP contribution < -0.4 is 15.5 Å². The van der Waals surface area contributed by atoms with E-state index < -0.39 is 0 Å². The van der Waals surface area contributed by atoms with Crippen molar-refractivity contribution in [1.29, 1.82) is 10.5 Å². The molecule has 2 unspecified atom stereocenters. The van der Waals surface area contributed by atoms with Crippen molar-refractivity contribution < 1.29 is 9.53 Å². The van der Waals surface area contributed by atoms with Gasteiger partial charge < -0.3 is 25.2 Å². The predicted molar refractivity (Wildman–Crippen MR) is 130 cm³/mol. The molecule has 0 spiro atoms. The largest absolute Gasteiger partial charge is 0.453 e. The number of carbonyl (C=O) groups excluding carboxylic acids is 1. The van der Waals surface area contributed by atoms with Gasteiger partial charge in [-0.1, -0.05) is 11.6 Å². The smallest absolute Gasteiger partial charge is 0.409 e. The van der Waals surface area contributed by atoms with Crippen LogP contribution in [0.3, 0.4) is 0 Å². The molecule has 1 amide bonds. The number of benzene rings is 1. The van der Waals surface area contributed by atoms with E-state index in [1.165, 1.54) is 17.8 Å². The van der Waals surface area contributed by atoms with Crippen LogP contribution in [0.25, 0.3) is 5.65 Å². The van der Waals surface area contributed by atoms with Crippen LogP contribution in [0.2, 0.25) is 5.02 Å². The molecule has 3 fully saturated rings. The molecule has 2 saturated carbocycles. The highest BCUT2D eigenvalue weighted by Crippen LogP contribution is 2.44. The summed E-state index contributed by atoms with van der Waals surface area (Å²) in [5, 5.41) is 30.3. The van der Waals surface area contributed by atoms with Gasteiger partial charge in [-0.05, 0) is 31.4 Å². The molecule has 0 bridgehead atoms. The molecule has 3 aliphatic rings. The van der Waals surface area contributed by atoms with Crippen LogP contribution in [0, 0.1) is 22.7 Å². The third-order valence-electron chi connectivity index (χ3n) is 6.65. The summed E-state index contributed by atoms with van der Waals surface area (Å²) in [5.74, 6) is 0.699.